The Hall–Kier alpha value is -0.830. The minimum atomic E-state index is 0.402. The average molecular weight is 262 g/mol. The first-order valence-electron chi connectivity index (χ1n) is 7.92. The average Bonchev–Trinajstić information content (AvgIpc) is 3.07. The fraction of sp³-hybridized carbons (Fsp3) is 0.812. The number of rotatable bonds is 3. The molecule has 3 rings (SSSR count). The van der Waals surface area contributed by atoms with E-state index in [1.54, 1.807) is 0 Å². The van der Waals surface area contributed by atoms with E-state index in [4.69, 9.17) is 0 Å². The summed E-state index contributed by atoms with van der Waals surface area (Å²) in [4.78, 5) is 17.2. The molecule has 19 heavy (non-hydrogen) atoms. The predicted molar refractivity (Wildman–Crippen MR) is 76.9 cm³/mol. The summed E-state index contributed by atoms with van der Waals surface area (Å²) >= 11 is 0. The highest BCUT2D eigenvalue weighted by Gasteiger charge is 2.38. The van der Waals surface area contributed by atoms with E-state index in [-0.39, 0.29) is 0 Å². The van der Waals surface area contributed by atoms with Crippen LogP contribution < -0.4 is 0 Å². The zero-order valence-electron chi connectivity index (χ0n) is 12.1. The zero-order valence-corrected chi connectivity index (χ0v) is 12.1. The van der Waals surface area contributed by atoms with Gasteiger partial charge in [0.1, 0.15) is 0 Å². The second kappa shape index (κ2) is 5.66. The van der Waals surface area contributed by atoms with Gasteiger partial charge in [0, 0.05) is 25.0 Å². The maximum absolute atomic E-state index is 12.5. The van der Waals surface area contributed by atoms with E-state index in [9.17, 15) is 4.79 Å². The smallest absolute Gasteiger partial charge is 0.223 e. The lowest BCUT2D eigenvalue weighted by molar-refractivity contribution is -0.133. The van der Waals surface area contributed by atoms with E-state index >= 15 is 0 Å². The van der Waals surface area contributed by atoms with E-state index < -0.39 is 0 Å². The Morgan fingerprint density at radius 2 is 1.95 bits per heavy atom. The molecule has 0 radical (unpaired) electrons. The van der Waals surface area contributed by atoms with E-state index in [1.165, 1.54) is 38.6 Å². The molecule has 0 spiro atoms. The number of likely N-dealkylation sites (N-methyl/N-ethyl adjacent to an activating group) is 1. The molecule has 1 amide bonds. The van der Waals surface area contributed by atoms with Crippen molar-refractivity contribution in [2.24, 2.45) is 5.92 Å². The van der Waals surface area contributed by atoms with Gasteiger partial charge in [0.05, 0.1) is 0 Å². The quantitative estimate of drug-likeness (QED) is 0.729. The molecule has 106 valence electrons. The molecule has 1 aliphatic carbocycles. The molecule has 3 atom stereocenters. The number of likely N-dealkylation sites (tertiary alicyclic amines) is 2. The molecule has 2 heterocycles. The first-order valence-corrected chi connectivity index (χ1v) is 7.92. The van der Waals surface area contributed by atoms with Crippen LogP contribution in [0.5, 0.6) is 0 Å². The van der Waals surface area contributed by atoms with Crippen LogP contribution in [0.1, 0.15) is 44.9 Å². The highest BCUT2D eigenvalue weighted by Crippen LogP contribution is 2.31. The van der Waals surface area contributed by atoms with Gasteiger partial charge in [0.15, 0.2) is 0 Å². The summed E-state index contributed by atoms with van der Waals surface area (Å²) in [6.45, 7) is 2.19. The van der Waals surface area contributed by atoms with Gasteiger partial charge in [0.2, 0.25) is 5.91 Å². The Bertz CT molecular complexity index is 366. The van der Waals surface area contributed by atoms with Crippen molar-refractivity contribution in [1.29, 1.82) is 0 Å². The van der Waals surface area contributed by atoms with Crippen molar-refractivity contribution in [3.63, 3.8) is 0 Å². The number of allylic oxidation sites excluding steroid dienone is 2. The SMILES string of the molecule is CN1CCC[C@@H]1[C@@H]1CCCN1C(=O)C[C@@H]1C=CCC1. The van der Waals surface area contributed by atoms with Gasteiger partial charge in [-0.3, -0.25) is 4.79 Å². The first kappa shape index (κ1) is 13.2. The van der Waals surface area contributed by atoms with Crippen LogP contribution in [0, 0.1) is 5.92 Å². The van der Waals surface area contributed by atoms with Crippen molar-refractivity contribution < 1.29 is 4.79 Å². The summed E-state index contributed by atoms with van der Waals surface area (Å²) in [5.41, 5.74) is 0. The van der Waals surface area contributed by atoms with Crippen molar-refractivity contribution >= 4 is 5.91 Å². The molecule has 0 unspecified atom stereocenters. The summed E-state index contributed by atoms with van der Waals surface area (Å²) in [5, 5.41) is 0. The molecule has 0 saturated carbocycles. The number of hydrogen-bond acceptors (Lipinski definition) is 2. The topological polar surface area (TPSA) is 23.6 Å². The molecule has 0 N–H and O–H groups in total. The maximum atomic E-state index is 12.5. The minimum Gasteiger partial charge on any atom is -0.338 e. The second-order valence-corrected chi connectivity index (χ2v) is 6.46. The number of carbonyl (C=O) groups excluding carboxylic acids is 1. The fourth-order valence-corrected chi connectivity index (χ4v) is 4.13. The van der Waals surface area contributed by atoms with Crippen LogP contribution in [-0.2, 0) is 4.79 Å². The van der Waals surface area contributed by atoms with Gasteiger partial charge >= 0.3 is 0 Å². The lowest BCUT2D eigenvalue weighted by atomic mass is 10.0. The Morgan fingerprint density at radius 1 is 1.16 bits per heavy atom. The summed E-state index contributed by atoms with van der Waals surface area (Å²) in [7, 11) is 2.22. The molecule has 3 nitrogen and oxygen atoms in total. The maximum Gasteiger partial charge on any atom is 0.223 e. The molecular weight excluding hydrogens is 236 g/mol. The van der Waals surface area contributed by atoms with Gasteiger partial charge < -0.3 is 9.80 Å². The van der Waals surface area contributed by atoms with Gasteiger partial charge in [-0.2, -0.15) is 0 Å². The van der Waals surface area contributed by atoms with Gasteiger partial charge in [-0.25, -0.2) is 0 Å². The molecule has 3 heteroatoms. The largest absolute Gasteiger partial charge is 0.338 e. The van der Waals surface area contributed by atoms with E-state index in [2.05, 4.69) is 29.0 Å². The number of hydrogen-bond donors (Lipinski definition) is 0. The molecule has 3 aliphatic rings. The lowest BCUT2D eigenvalue weighted by Crippen LogP contribution is -2.47. The van der Waals surface area contributed by atoms with E-state index in [0.717, 1.165) is 19.4 Å². The zero-order chi connectivity index (χ0) is 13.2. The fourth-order valence-electron chi connectivity index (χ4n) is 4.13. The Balaban J connectivity index is 1.61. The van der Waals surface area contributed by atoms with Crippen molar-refractivity contribution in [2.75, 3.05) is 20.1 Å². The van der Waals surface area contributed by atoms with Crippen molar-refractivity contribution in [3.05, 3.63) is 12.2 Å². The van der Waals surface area contributed by atoms with E-state index in [1.807, 2.05) is 0 Å². The van der Waals surface area contributed by atoms with Crippen LogP contribution >= 0.6 is 0 Å². The first-order chi connectivity index (χ1) is 9.25. The minimum absolute atomic E-state index is 0.402. The molecule has 0 aromatic rings. The third-order valence-corrected chi connectivity index (χ3v) is 5.19. The molecule has 0 aromatic heterocycles. The van der Waals surface area contributed by atoms with Crippen molar-refractivity contribution in [1.82, 2.24) is 9.80 Å². The van der Waals surface area contributed by atoms with Gasteiger partial charge in [-0.05, 0) is 58.0 Å². The summed E-state index contributed by atoms with van der Waals surface area (Å²) < 4.78 is 0. The molecular formula is C16H26N2O. The van der Waals surface area contributed by atoms with Gasteiger partial charge in [0.25, 0.3) is 0 Å². The summed E-state index contributed by atoms with van der Waals surface area (Å²) in [5.74, 6) is 0.911. The van der Waals surface area contributed by atoms with Crippen molar-refractivity contribution in [3.8, 4) is 0 Å². The Morgan fingerprint density at radius 3 is 2.63 bits per heavy atom. The lowest BCUT2D eigenvalue weighted by Gasteiger charge is -2.33. The van der Waals surface area contributed by atoms with Crippen LogP contribution in [0.15, 0.2) is 12.2 Å². The van der Waals surface area contributed by atoms with Crippen LogP contribution in [0.3, 0.4) is 0 Å². The Kier molecular flexibility index (Phi) is 3.92. The third-order valence-electron chi connectivity index (χ3n) is 5.19. The molecule has 2 aliphatic heterocycles. The van der Waals surface area contributed by atoms with Gasteiger partial charge in [-0.15, -0.1) is 0 Å². The number of carbonyl (C=O) groups is 1. The van der Waals surface area contributed by atoms with E-state index in [0.29, 0.717) is 23.9 Å². The standard InChI is InChI=1S/C16H26N2O/c1-17-10-4-8-14(17)15-9-5-11-18(15)16(19)12-13-6-2-3-7-13/h2,6,13-15H,3-5,7-12H2,1H3/t13-,14-,15+/m1/s1. The predicted octanol–water partition coefficient (Wildman–Crippen LogP) is 2.43. The summed E-state index contributed by atoms with van der Waals surface area (Å²) in [6.07, 6.45) is 12.5. The normalized spacial score (nSPS) is 35.4. The highest BCUT2D eigenvalue weighted by molar-refractivity contribution is 5.77. The second-order valence-electron chi connectivity index (χ2n) is 6.46. The highest BCUT2D eigenvalue weighted by atomic mass is 16.2. The Labute approximate surface area is 116 Å². The van der Waals surface area contributed by atoms with Crippen LogP contribution in [-0.4, -0.2) is 47.9 Å². The molecule has 0 bridgehead atoms. The van der Waals surface area contributed by atoms with Crippen LogP contribution in [0.2, 0.25) is 0 Å². The molecule has 2 saturated heterocycles. The number of nitrogens with zero attached hydrogens (tertiary/aromatic N) is 2. The molecule has 0 aromatic carbocycles. The number of amides is 1. The molecule has 2 fully saturated rings. The van der Waals surface area contributed by atoms with Crippen LogP contribution in [0.25, 0.3) is 0 Å². The summed E-state index contributed by atoms with van der Waals surface area (Å²) in [6, 6.07) is 1.11. The monoisotopic (exact) mass is 262 g/mol. The third kappa shape index (κ3) is 2.71. The van der Waals surface area contributed by atoms with Gasteiger partial charge in [-0.1, -0.05) is 12.2 Å². The van der Waals surface area contributed by atoms with Crippen LogP contribution in [0.4, 0.5) is 0 Å². The van der Waals surface area contributed by atoms with Crippen molar-refractivity contribution in [2.45, 2.75) is 57.0 Å².